The summed E-state index contributed by atoms with van der Waals surface area (Å²) >= 11 is 1.87. The van der Waals surface area contributed by atoms with E-state index in [9.17, 15) is 0 Å². The van der Waals surface area contributed by atoms with Gasteiger partial charge in [-0.3, -0.25) is 0 Å². The van der Waals surface area contributed by atoms with Crippen LogP contribution in [0.4, 0.5) is 5.82 Å². The number of hydrogen-bond donors (Lipinski definition) is 0. The van der Waals surface area contributed by atoms with E-state index < -0.39 is 0 Å². The van der Waals surface area contributed by atoms with Gasteiger partial charge in [-0.05, 0) is 45.1 Å². The highest BCUT2D eigenvalue weighted by Gasteiger charge is 2.27. The van der Waals surface area contributed by atoms with Gasteiger partial charge in [0.25, 0.3) is 0 Å². The van der Waals surface area contributed by atoms with E-state index in [1.165, 1.54) is 46.3 Å². The van der Waals surface area contributed by atoms with Crippen LogP contribution in [0.5, 0.6) is 0 Å². The first kappa shape index (κ1) is 13.5. The summed E-state index contributed by atoms with van der Waals surface area (Å²) in [5, 5.41) is 1.32. The van der Waals surface area contributed by atoms with Crippen LogP contribution in [0.1, 0.15) is 37.1 Å². The van der Waals surface area contributed by atoms with Gasteiger partial charge in [-0.15, -0.1) is 11.3 Å². The average molecular weight is 303 g/mol. The van der Waals surface area contributed by atoms with Crippen molar-refractivity contribution in [1.82, 2.24) is 9.97 Å². The summed E-state index contributed by atoms with van der Waals surface area (Å²) in [5.41, 5.74) is 1.52. The molecule has 0 bridgehead atoms. The first-order chi connectivity index (χ1) is 10.2. The van der Waals surface area contributed by atoms with Gasteiger partial charge in [-0.2, -0.15) is 0 Å². The van der Waals surface area contributed by atoms with Crippen LogP contribution < -0.4 is 4.90 Å². The van der Waals surface area contributed by atoms with E-state index in [-0.39, 0.29) is 12.2 Å². The monoisotopic (exact) mass is 303 g/mol. The zero-order valence-corrected chi connectivity index (χ0v) is 13.4. The Kier molecular flexibility index (Phi) is 3.34. The Hall–Kier alpha value is -1.20. The molecule has 1 aliphatic heterocycles. The molecule has 0 aromatic carbocycles. The second-order valence-corrected chi connectivity index (χ2v) is 7.33. The first-order valence-corrected chi connectivity index (χ1v) is 8.69. The molecule has 1 saturated heterocycles. The van der Waals surface area contributed by atoms with Crippen molar-refractivity contribution < 1.29 is 4.74 Å². The molecule has 0 amide bonds. The quantitative estimate of drug-likeness (QED) is 0.811. The van der Waals surface area contributed by atoms with E-state index in [0.29, 0.717) is 0 Å². The predicted molar refractivity (Wildman–Crippen MR) is 86.3 cm³/mol. The summed E-state index contributed by atoms with van der Waals surface area (Å²) in [6.07, 6.45) is 7.25. The lowest BCUT2D eigenvalue weighted by molar-refractivity contribution is -0.00537. The molecule has 0 N–H and O–H groups in total. The summed E-state index contributed by atoms with van der Waals surface area (Å²) < 4.78 is 5.86. The molecule has 2 atom stereocenters. The van der Waals surface area contributed by atoms with Crippen molar-refractivity contribution >= 4 is 27.4 Å². The SMILES string of the molecule is C[C@@H]1CN(c2ncnc3sc4c(c23)CCCC4)C[C@@H](C)O1. The number of aryl methyl sites for hydroxylation is 2. The Labute approximate surface area is 129 Å². The van der Waals surface area contributed by atoms with Crippen LogP contribution in [0, 0.1) is 0 Å². The maximum atomic E-state index is 5.86. The van der Waals surface area contributed by atoms with Crippen molar-refractivity contribution in [3.05, 3.63) is 16.8 Å². The molecule has 21 heavy (non-hydrogen) atoms. The number of ether oxygens (including phenoxy) is 1. The number of fused-ring (bicyclic) bond motifs is 3. The Morgan fingerprint density at radius 1 is 1.14 bits per heavy atom. The van der Waals surface area contributed by atoms with Crippen molar-refractivity contribution in [3.63, 3.8) is 0 Å². The summed E-state index contributed by atoms with van der Waals surface area (Å²) in [6, 6.07) is 0. The van der Waals surface area contributed by atoms with Gasteiger partial charge in [-0.25, -0.2) is 9.97 Å². The van der Waals surface area contributed by atoms with E-state index in [2.05, 4.69) is 28.7 Å². The molecule has 1 fully saturated rings. The molecule has 0 saturated carbocycles. The van der Waals surface area contributed by atoms with E-state index >= 15 is 0 Å². The van der Waals surface area contributed by atoms with E-state index in [1.54, 1.807) is 6.33 Å². The normalized spacial score (nSPS) is 26.1. The molecule has 4 rings (SSSR count). The van der Waals surface area contributed by atoms with Gasteiger partial charge in [0.1, 0.15) is 17.0 Å². The van der Waals surface area contributed by atoms with Gasteiger partial charge in [0.05, 0.1) is 17.6 Å². The summed E-state index contributed by atoms with van der Waals surface area (Å²) in [4.78, 5) is 14.3. The number of aromatic nitrogens is 2. The number of hydrogen-bond acceptors (Lipinski definition) is 5. The third-order valence-corrected chi connectivity index (χ3v) is 5.65. The minimum atomic E-state index is 0.258. The molecule has 2 aromatic heterocycles. The fourth-order valence-corrected chi connectivity index (χ4v) is 4.89. The second-order valence-electron chi connectivity index (χ2n) is 6.25. The molecule has 1 aliphatic carbocycles. The molecule has 2 aliphatic rings. The van der Waals surface area contributed by atoms with Crippen LogP contribution in [0.2, 0.25) is 0 Å². The Balaban J connectivity index is 1.83. The molecule has 0 spiro atoms. The molecule has 4 nitrogen and oxygen atoms in total. The van der Waals surface area contributed by atoms with Crippen molar-refractivity contribution in [2.45, 2.75) is 51.7 Å². The minimum absolute atomic E-state index is 0.258. The number of nitrogens with zero attached hydrogens (tertiary/aromatic N) is 3. The molecule has 3 heterocycles. The summed E-state index contributed by atoms with van der Waals surface area (Å²) in [5.74, 6) is 1.13. The Bertz CT molecular complexity index is 659. The topological polar surface area (TPSA) is 38.2 Å². The number of thiophene rings is 1. The first-order valence-electron chi connectivity index (χ1n) is 7.88. The smallest absolute Gasteiger partial charge is 0.141 e. The highest BCUT2D eigenvalue weighted by Crippen LogP contribution is 2.39. The highest BCUT2D eigenvalue weighted by molar-refractivity contribution is 7.19. The van der Waals surface area contributed by atoms with Crippen LogP contribution in [0.15, 0.2) is 6.33 Å². The number of morpholine rings is 1. The zero-order valence-electron chi connectivity index (χ0n) is 12.6. The van der Waals surface area contributed by atoms with Gasteiger partial charge < -0.3 is 9.64 Å². The standard InChI is InChI=1S/C16H21N3OS/c1-10-7-19(8-11(2)20-10)15-14-12-5-3-4-6-13(12)21-16(14)18-9-17-15/h9-11H,3-8H2,1-2H3/t10-,11-/m1/s1. The number of anilines is 1. The maximum Gasteiger partial charge on any atom is 0.141 e. The van der Waals surface area contributed by atoms with Crippen molar-refractivity contribution in [3.8, 4) is 0 Å². The van der Waals surface area contributed by atoms with Crippen LogP contribution >= 0.6 is 11.3 Å². The fraction of sp³-hybridized carbons (Fsp3) is 0.625. The number of rotatable bonds is 1. The third-order valence-electron chi connectivity index (χ3n) is 4.45. The minimum Gasteiger partial charge on any atom is -0.372 e. The summed E-state index contributed by atoms with van der Waals surface area (Å²) in [7, 11) is 0. The summed E-state index contributed by atoms with van der Waals surface area (Å²) in [6.45, 7) is 6.12. The Morgan fingerprint density at radius 2 is 1.90 bits per heavy atom. The van der Waals surface area contributed by atoms with E-state index in [1.807, 2.05) is 11.3 Å². The lowest BCUT2D eigenvalue weighted by Gasteiger charge is -2.36. The van der Waals surface area contributed by atoms with Crippen molar-refractivity contribution in [2.75, 3.05) is 18.0 Å². The molecular formula is C16H21N3OS. The fourth-order valence-electron chi connectivity index (χ4n) is 3.66. The lowest BCUT2D eigenvalue weighted by Crippen LogP contribution is -2.46. The van der Waals surface area contributed by atoms with Gasteiger partial charge in [0.2, 0.25) is 0 Å². The molecule has 2 aromatic rings. The lowest BCUT2D eigenvalue weighted by atomic mass is 9.97. The molecule has 112 valence electrons. The molecule has 0 unspecified atom stereocenters. The van der Waals surface area contributed by atoms with Crippen LogP contribution in [0.3, 0.4) is 0 Å². The second kappa shape index (κ2) is 5.21. The third kappa shape index (κ3) is 2.32. The van der Waals surface area contributed by atoms with Crippen LogP contribution in [0.25, 0.3) is 10.2 Å². The van der Waals surface area contributed by atoms with E-state index in [4.69, 9.17) is 4.74 Å². The van der Waals surface area contributed by atoms with E-state index in [0.717, 1.165) is 18.9 Å². The molecule has 0 radical (unpaired) electrons. The van der Waals surface area contributed by atoms with Gasteiger partial charge in [0.15, 0.2) is 0 Å². The van der Waals surface area contributed by atoms with Crippen LogP contribution in [-0.4, -0.2) is 35.3 Å². The molecular weight excluding hydrogens is 282 g/mol. The van der Waals surface area contributed by atoms with Crippen molar-refractivity contribution in [1.29, 1.82) is 0 Å². The maximum absolute atomic E-state index is 5.86. The zero-order chi connectivity index (χ0) is 14.4. The van der Waals surface area contributed by atoms with Crippen molar-refractivity contribution in [2.24, 2.45) is 0 Å². The van der Waals surface area contributed by atoms with Gasteiger partial charge >= 0.3 is 0 Å². The predicted octanol–water partition coefficient (Wildman–Crippen LogP) is 3.18. The van der Waals surface area contributed by atoms with Crippen LogP contribution in [-0.2, 0) is 17.6 Å². The highest BCUT2D eigenvalue weighted by atomic mass is 32.1. The molecule has 5 heteroatoms. The Morgan fingerprint density at radius 3 is 2.71 bits per heavy atom. The van der Waals surface area contributed by atoms with Gasteiger partial charge in [-0.1, -0.05) is 0 Å². The average Bonchev–Trinajstić information content (AvgIpc) is 2.84. The largest absolute Gasteiger partial charge is 0.372 e. The van der Waals surface area contributed by atoms with Gasteiger partial charge in [0, 0.05) is 18.0 Å².